The van der Waals surface area contributed by atoms with E-state index in [4.69, 9.17) is 0 Å². The van der Waals surface area contributed by atoms with Crippen LogP contribution in [0.1, 0.15) is 35.1 Å². The molecule has 3 nitrogen and oxygen atoms in total. The first-order valence-corrected chi connectivity index (χ1v) is 6.32. The molecule has 1 amide bonds. The van der Waals surface area contributed by atoms with E-state index in [2.05, 4.69) is 33.2 Å². The minimum absolute atomic E-state index is 0.0529. The Morgan fingerprint density at radius 2 is 2.19 bits per heavy atom. The highest BCUT2D eigenvalue weighted by Gasteiger charge is 2.10. The van der Waals surface area contributed by atoms with Crippen molar-refractivity contribution in [3.63, 3.8) is 0 Å². The molecule has 0 aromatic carbocycles. The van der Waals surface area contributed by atoms with Gasteiger partial charge in [-0.05, 0) is 32.4 Å². The van der Waals surface area contributed by atoms with Crippen molar-refractivity contribution in [1.82, 2.24) is 10.3 Å². The number of carbonyl (C=O) groups is 1. The maximum atomic E-state index is 11.8. The third kappa shape index (κ3) is 3.59. The van der Waals surface area contributed by atoms with Gasteiger partial charge in [-0.25, -0.2) is 0 Å². The smallest absolute Gasteiger partial charge is 0.253 e. The molecule has 0 radical (unpaired) electrons. The molecule has 0 aliphatic carbocycles. The predicted octanol–water partition coefficient (Wildman–Crippen LogP) is 2.60. The summed E-state index contributed by atoms with van der Waals surface area (Å²) in [6.07, 6.45) is 0.991. The molecule has 0 spiro atoms. The van der Waals surface area contributed by atoms with Gasteiger partial charge in [0.15, 0.2) is 0 Å². The standard InChI is InChI=1S/C12H17BrN2O/c1-4-10(13)7-14-12(16)11-6-5-8(2)15-9(11)3/h5-6,10H,4,7H2,1-3H3,(H,14,16). The second kappa shape index (κ2) is 5.99. The van der Waals surface area contributed by atoms with E-state index in [1.165, 1.54) is 0 Å². The molecule has 88 valence electrons. The Kier molecular flexibility index (Phi) is 4.93. The van der Waals surface area contributed by atoms with Crippen molar-refractivity contribution in [2.45, 2.75) is 32.0 Å². The summed E-state index contributed by atoms with van der Waals surface area (Å²) < 4.78 is 0. The Morgan fingerprint density at radius 3 is 2.75 bits per heavy atom. The van der Waals surface area contributed by atoms with E-state index >= 15 is 0 Å². The second-order valence-electron chi connectivity index (χ2n) is 3.80. The number of alkyl halides is 1. The summed E-state index contributed by atoms with van der Waals surface area (Å²) >= 11 is 3.48. The Hall–Kier alpha value is -0.900. The van der Waals surface area contributed by atoms with Crippen molar-refractivity contribution < 1.29 is 4.79 Å². The average molecular weight is 285 g/mol. The van der Waals surface area contributed by atoms with Gasteiger partial charge in [0.05, 0.1) is 11.3 Å². The lowest BCUT2D eigenvalue weighted by atomic mass is 10.1. The van der Waals surface area contributed by atoms with E-state index in [1.54, 1.807) is 0 Å². The van der Waals surface area contributed by atoms with Gasteiger partial charge in [-0.1, -0.05) is 22.9 Å². The van der Waals surface area contributed by atoms with Crippen LogP contribution in [0.25, 0.3) is 0 Å². The lowest BCUT2D eigenvalue weighted by Crippen LogP contribution is -2.30. The molecule has 1 heterocycles. The van der Waals surface area contributed by atoms with Crippen LogP contribution in [0.5, 0.6) is 0 Å². The number of nitrogens with zero attached hydrogens (tertiary/aromatic N) is 1. The first-order valence-electron chi connectivity index (χ1n) is 5.41. The highest BCUT2D eigenvalue weighted by molar-refractivity contribution is 9.09. The maximum absolute atomic E-state index is 11.8. The van der Waals surface area contributed by atoms with Crippen LogP contribution in [0.15, 0.2) is 12.1 Å². The topological polar surface area (TPSA) is 42.0 Å². The Bertz CT molecular complexity index is 379. The average Bonchev–Trinajstić information content (AvgIpc) is 2.25. The third-order valence-corrected chi connectivity index (χ3v) is 3.37. The molecule has 1 N–H and O–H groups in total. The number of aryl methyl sites for hydroxylation is 2. The second-order valence-corrected chi connectivity index (χ2v) is 5.10. The largest absolute Gasteiger partial charge is 0.351 e. The number of amides is 1. The monoisotopic (exact) mass is 284 g/mol. The van der Waals surface area contributed by atoms with Gasteiger partial charge in [-0.3, -0.25) is 9.78 Å². The first-order chi connectivity index (χ1) is 7.54. The lowest BCUT2D eigenvalue weighted by Gasteiger charge is -2.10. The van der Waals surface area contributed by atoms with Crippen LogP contribution >= 0.6 is 15.9 Å². The zero-order valence-corrected chi connectivity index (χ0v) is 11.5. The van der Waals surface area contributed by atoms with Gasteiger partial charge in [0.2, 0.25) is 0 Å². The van der Waals surface area contributed by atoms with Crippen molar-refractivity contribution in [2.24, 2.45) is 0 Å². The molecule has 0 fully saturated rings. The fourth-order valence-corrected chi connectivity index (χ4v) is 1.53. The van der Waals surface area contributed by atoms with Crippen LogP contribution < -0.4 is 5.32 Å². The van der Waals surface area contributed by atoms with Crippen molar-refractivity contribution >= 4 is 21.8 Å². The molecular weight excluding hydrogens is 268 g/mol. The molecule has 4 heteroatoms. The SMILES string of the molecule is CCC(Br)CNC(=O)c1ccc(C)nc1C. The fourth-order valence-electron chi connectivity index (χ4n) is 1.37. The number of aromatic nitrogens is 1. The van der Waals surface area contributed by atoms with Crippen LogP contribution in [-0.4, -0.2) is 22.3 Å². The van der Waals surface area contributed by atoms with Crippen LogP contribution in [0.2, 0.25) is 0 Å². The number of nitrogens with one attached hydrogen (secondary N) is 1. The van der Waals surface area contributed by atoms with Crippen molar-refractivity contribution in [1.29, 1.82) is 0 Å². The van der Waals surface area contributed by atoms with E-state index in [9.17, 15) is 4.79 Å². The van der Waals surface area contributed by atoms with Gasteiger partial charge in [-0.2, -0.15) is 0 Å². The Balaban J connectivity index is 2.66. The van der Waals surface area contributed by atoms with Gasteiger partial charge in [0.25, 0.3) is 5.91 Å². The van der Waals surface area contributed by atoms with Crippen LogP contribution in [0.4, 0.5) is 0 Å². The number of halogens is 1. The summed E-state index contributed by atoms with van der Waals surface area (Å²) in [6, 6.07) is 3.68. The quantitative estimate of drug-likeness (QED) is 0.864. The summed E-state index contributed by atoms with van der Waals surface area (Å²) in [5.74, 6) is -0.0529. The number of hydrogen-bond donors (Lipinski definition) is 1. The molecule has 0 saturated carbocycles. The third-order valence-electron chi connectivity index (χ3n) is 2.40. The van der Waals surface area contributed by atoms with Crippen molar-refractivity contribution in [3.05, 3.63) is 29.1 Å². The fraction of sp³-hybridized carbons (Fsp3) is 0.500. The Morgan fingerprint density at radius 1 is 1.50 bits per heavy atom. The van der Waals surface area contributed by atoms with Crippen molar-refractivity contribution in [2.75, 3.05) is 6.54 Å². The van der Waals surface area contributed by atoms with Crippen LogP contribution in [0, 0.1) is 13.8 Å². The van der Waals surface area contributed by atoms with Gasteiger partial charge >= 0.3 is 0 Å². The van der Waals surface area contributed by atoms with E-state index in [0.717, 1.165) is 17.8 Å². The minimum Gasteiger partial charge on any atom is -0.351 e. The van der Waals surface area contributed by atoms with E-state index < -0.39 is 0 Å². The molecule has 0 aliphatic heterocycles. The summed E-state index contributed by atoms with van der Waals surface area (Å²) in [6.45, 7) is 6.49. The van der Waals surface area contributed by atoms with Gasteiger partial charge < -0.3 is 5.32 Å². The highest BCUT2D eigenvalue weighted by Crippen LogP contribution is 2.07. The Labute approximate surface area is 105 Å². The number of hydrogen-bond acceptors (Lipinski definition) is 2. The molecule has 1 unspecified atom stereocenters. The molecule has 16 heavy (non-hydrogen) atoms. The molecule has 0 bridgehead atoms. The molecule has 1 aromatic heterocycles. The summed E-state index contributed by atoms with van der Waals surface area (Å²) in [5.41, 5.74) is 2.36. The zero-order valence-electron chi connectivity index (χ0n) is 9.88. The normalized spacial score (nSPS) is 12.2. The number of rotatable bonds is 4. The maximum Gasteiger partial charge on any atom is 0.253 e. The summed E-state index contributed by atoms with van der Waals surface area (Å²) in [7, 11) is 0. The molecule has 1 rings (SSSR count). The number of pyridine rings is 1. The minimum atomic E-state index is -0.0529. The molecular formula is C12H17BrN2O. The summed E-state index contributed by atoms with van der Waals surface area (Å²) in [4.78, 5) is 16.4. The molecule has 0 aliphatic rings. The van der Waals surface area contributed by atoms with Crippen LogP contribution in [0.3, 0.4) is 0 Å². The van der Waals surface area contributed by atoms with Crippen LogP contribution in [-0.2, 0) is 0 Å². The van der Waals surface area contributed by atoms with E-state index in [1.807, 2.05) is 26.0 Å². The highest BCUT2D eigenvalue weighted by atomic mass is 79.9. The van der Waals surface area contributed by atoms with Crippen molar-refractivity contribution in [3.8, 4) is 0 Å². The van der Waals surface area contributed by atoms with E-state index in [-0.39, 0.29) is 5.91 Å². The summed E-state index contributed by atoms with van der Waals surface area (Å²) in [5, 5.41) is 2.88. The zero-order chi connectivity index (χ0) is 12.1. The van der Waals surface area contributed by atoms with Gasteiger partial charge in [0.1, 0.15) is 0 Å². The molecule has 0 saturated heterocycles. The lowest BCUT2D eigenvalue weighted by molar-refractivity contribution is 0.0953. The first kappa shape index (κ1) is 13.2. The molecule has 1 atom stereocenters. The van der Waals surface area contributed by atoms with E-state index in [0.29, 0.717) is 16.9 Å². The number of carbonyl (C=O) groups excluding carboxylic acids is 1. The molecule has 1 aromatic rings. The predicted molar refractivity (Wildman–Crippen MR) is 69.1 cm³/mol. The van der Waals surface area contributed by atoms with Gasteiger partial charge in [0, 0.05) is 17.1 Å². The van der Waals surface area contributed by atoms with Gasteiger partial charge in [-0.15, -0.1) is 0 Å².